The maximum atomic E-state index is 4.45. The summed E-state index contributed by atoms with van der Waals surface area (Å²) in [6, 6.07) is 10.5. The zero-order valence-electron chi connectivity index (χ0n) is 9.19. The highest BCUT2D eigenvalue weighted by Gasteiger charge is 2.02. The molecule has 0 aliphatic carbocycles. The number of thioether (sulfide) groups is 1. The molecule has 3 heteroatoms. The van der Waals surface area contributed by atoms with Gasteiger partial charge in [-0.3, -0.25) is 0 Å². The first-order valence-electron chi connectivity index (χ1n) is 4.88. The lowest BCUT2D eigenvalue weighted by Crippen LogP contribution is -1.98. The van der Waals surface area contributed by atoms with Crippen LogP contribution < -0.4 is 0 Å². The Morgan fingerprint density at radius 3 is 2.27 bits per heavy atom. The fourth-order valence-corrected chi connectivity index (χ4v) is 2.02. The lowest BCUT2D eigenvalue weighted by molar-refractivity contribution is 0.832. The van der Waals surface area contributed by atoms with Crippen LogP contribution in [0.15, 0.2) is 35.2 Å². The second-order valence-corrected chi connectivity index (χ2v) is 4.42. The summed E-state index contributed by atoms with van der Waals surface area (Å²) in [5.74, 6) is 0. The van der Waals surface area contributed by atoms with Crippen LogP contribution >= 0.6 is 11.8 Å². The van der Waals surface area contributed by atoms with Gasteiger partial charge in [-0.15, -0.1) is 11.8 Å². The largest absolute Gasteiger partial charge is 0.238 e. The molecule has 1 heterocycles. The molecule has 0 aliphatic rings. The Bertz CT molecular complexity index is 457. The zero-order valence-corrected chi connectivity index (χ0v) is 10.0. The van der Waals surface area contributed by atoms with Crippen molar-refractivity contribution in [3.8, 4) is 5.69 Å². The molecular formula is C12H14N2S. The van der Waals surface area contributed by atoms with Gasteiger partial charge in [0.05, 0.1) is 11.4 Å². The summed E-state index contributed by atoms with van der Waals surface area (Å²) in [4.78, 5) is 1.28. The minimum atomic E-state index is 1.06. The zero-order chi connectivity index (χ0) is 10.8. The summed E-state index contributed by atoms with van der Waals surface area (Å²) in [6.07, 6.45) is 2.08. The Labute approximate surface area is 94.3 Å². The molecule has 78 valence electrons. The minimum absolute atomic E-state index is 1.06. The van der Waals surface area contributed by atoms with E-state index in [4.69, 9.17) is 0 Å². The van der Waals surface area contributed by atoms with E-state index in [0.29, 0.717) is 0 Å². The fourth-order valence-electron chi connectivity index (χ4n) is 1.61. The first kappa shape index (κ1) is 10.3. The van der Waals surface area contributed by atoms with Crippen LogP contribution in [0.4, 0.5) is 0 Å². The molecule has 0 bridgehead atoms. The van der Waals surface area contributed by atoms with Crippen molar-refractivity contribution in [2.75, 3.05) is 6.26 Å². The van der Waals surface area contributed by atoms with Gasteiger partial charge >= 0.3 is 0 Å². The molecule has 0 amide bonds. The van der Waals surface area contributed by atoms with E-state index in [1.165, 1.54) is 10.6 Å². The van der Waals surface area contributed by atoms with E-state index in [1.54, 1.807) is 11.8 Å². The molecule has 0 aliphatic heterocycles. The predicted octanol–water partition coefficient (Wildman–Crippen LogP) is 3.21. The first-order chi connectivity index (χ1) is 7.20. The summed E-state index contributed by atoms with van der Waals surface area (Å²) >= 11 is 1.75. The number of hydrogen-bond acceptors (Lipinski definition) is 2. The van der Waals surface area contributed by atoms with Crippen LogP contribution in [0, 0.1) is 13.8 Å². The van der Waals surface area contributed by atoms with Crippen molar-refractivity contribution in [2.24, 2.45) is 0 Å². The Hall–Kier alpha value is -1.22. The van der Waals surface area contributed by atoms with E-state index in [0.717, 1.165) is 11.4 Å². The molecule has 2 rings (SSSR count). The van der Waals surface area contributed by atoms with Crippen LogP contribution in [-0.4, -0.2) is 16.0 Å². The molecule has 0 saturated heterocycles. The van der Waals surface area contributed by atoms with Gasteiger partial charge < -0.3 is 0 Å². The monoisotopic (exact) mass is 218 g/mol. The van der Waals surface area contributed by atoms with Crippen molar-refractivity contribution in [3.63, 3.8) is 0 Å². The van der Waals surface area contributed by atoms with E-state index in [1.807, 2.05) is 11.6 Å². The number of hydrogen-bond donors (Lipinski definition) is 0. The van der Waals surface area contributed by atoms with E-state index in [2.05, 4.69) is 48.6 Å². The minimum Gasteiger partial charge on any atom is -0.238 e. The average molecular weight is 218 g/mol. The number of aromatic nitrogens is 2. The maximum Gasteiger partial charge on any atom is 0.0649 e. The molecule has 0 spiro atoms. The topological polar surface area (TPSA) is 17.8 Å². The van der Waals surface area contributed by atoms with Crippen LogP contribution in [0.2, 0.25) is 0 Å². The first-order valence-corrected chi connectivity index (χ1v) is 6.11. The smallest absolute Gasteiger partial charge is 0.0649 e. The molecule has 0 atom stereocenters. The highest BCUT2D eigenvalue weighted by Crippen LogP contribution is 2.18. The van der Waals surface area contributed by atoms with Crippen LogP contribution in [0.3, 0.4) is 0 Å². The molecule has 0 fully saturated rings. The Morgan fingerprint density at radius 2 is 1.80 bits per heavy atom. The SMILES string of the molecule is CSc1ccc(-n2nc(C)cc2C)cc1. The highest BCUT2D eigenvalue weighted by atomic mass is 32.2. The van der Waals surface area contributed by atoms with E-state index >= 15 is 0 Å². The molecule has 1 aromatic carbocycles. The summed E-state index contributed by atoms with van der Waals surface area (Å²) in [7, 11) is 0. The molecule has 0 radical (unpaired) electrons. The van der Waals surface area contributed by atoms with E-state index < -0.39 is 0 Å². The van der Waals surface area contributed by atoms with Gasteiger partial charge in [0.25, 0.3) is 0 Å². The third kappa shape index (κ3) is 2.07. The predicted molar refractivity (Wildman–Crippen MR) is 64.8 cm³/mol. The summed E-state index contributed by atoms with van der Waals surface area (Å²) in [6.45, 7) is 4.09. The molecule has 1 aromatic heterocycles. The molecule has 2 nitrogen and oxygen atoms in total. The second kappa shape index (κ2) is 4.11. The van der Waals surface area contributed by atoms with Crippen LogP contribution in [-0.2, 0) is 0 Å². The Morgan fingerprint density at radius 1 is 1.13 bits per heavy atom. The second-order valence-electron chi connectivity index (χ2n) is 3.54. The molecule has 0 saturated carbocycles. The number of benzene rings is 1. The van der Waals surface area contributed by atoms with Gasteiger partial charge in [-0.25, -0.2) is 4.68 Å². The van der Waals surface area contributed by atoms with Crippen LogP contribution in [0.5, 0.6) is 0 Å². The van der Waals surface area contributed by atoms with E-state index in [9.17, 15) is 0 Å². The van der Waals surface area contributed by atoms with Gasteiger partial charge in [0.1, 0.15) is 0 Å². The number of nitrogens with zero attached hydrogens (tertiary/aromatic N) is 2. The summed E-state index contributed by atoms with van der Waals surface area (Å²) in [5, 5.41) is 4.45. The fraction of sp³-hybridized carbons (Fsp3) is 0.250. The molecule has 15 heavy (non-hydrogen) atoms. The summed E-state index contributed by atoms with van der Waals surface area (Å²) < 4.78 is 1.97. The average Bonchev–Trinajstić information content (AvgIpc) is 2.58. The van der Waals surface area contributed by atoms with Gasteiger partial charge in [-0.05, 0) is 50.4 Å². The normalized spacial score (nSPS) is 10.6. The van der Waals surface area contributed by atoms with Crippen molar-refractivity contribution in [3.05, 3.63) is 41.7 Å². The third-order valence-corrected chi connectivity index (χ3v) is 3.07. The van der Waals surface area contributed by atoms with Crippen molar-refractivity contribution < 1.29 is 0 Å². The Balaban J connectivity index is 2.41. The highest BCUT2D eigenvalue weighted by molar-refractivity contribution is 7.98. The molecular weight excluding hydrogens is 204 g/mol. The standard InChI is InChI=1S/C12H14N2S/c1-9-8-10(2)14(13-9)11-4-6-12(15-3)7-5-11/h4-8H,1-3H3. The number of rotatable bonds is 2. The van der Waals surface area contributed by atoms with Gasteiger partial charge in [0, 0.05) is 10.6 Å². The molecule has 0 unspecified atom stereocenters. The van der Waals surface area contributed by atoms with Crippen molar-refractivity contribution in [2.45, 2.75) is 18.7 Å². The van der Waals surface area contributed by atoms with Crippen LogP contribution in [0.25, 0.3) is 5.69 Å². The van der Waals surface area contributed by atoms with Crippen molar-refractivity contribution >= 4 is 11.8 Å². The van der Waals surface area contributed by atoms with Gasteiger partial charge in [0.15, 0.2) is 0 Å². The van der Waals surface area contributed by atoms with Crippen molar-refractivity contribution in [1.82, 2.24) is 9.78 Å². The molecule has 0 N–H and O–H groups in total. The quantitative estimate of drug-likeness (QED) is 0.720. The maximum absolute atomic E-state index is 4.45. The Kier molecular flexibility index (Phi) is 2.82. The number of aryl methyl sites for hydroxylation is 2. The molecule has 2 aromatic rings. The van der Waals surface area contributed by atoms with E-state index in [-0.39, 0.29) is 0 Å². The van der Waals surface area contributed by atoms with Crippen molar-refractivity contribution in [1.29, 1.82) is 0 Å². The van der Waals surface area contributed by atoms with Gasteiger partial charge in [0.2, 0.25) is 0 Å². The summed E-state index contributed by atoms with van der Waals surface area (Å²) in [5.41, 5.74) is 3.35. The lowest BCUT2D eigenvalue weighted by Gasteiger charge is -2.04. The van der Waals surface area contributed by atoms with Gasteiger partial charge in [-0.2, -0.15) is 5.10 Å². The lowest BCUT2D eigenvalue weighted by atomic mass is 10.3. The van der Waals surface area contributed by atoms with Crippen LogP contribution in [0.1, 0.15) is 11.4 Å². The third-order valence-electron chi connectivity index (χ3n) is 2.33. The van der Waals surface area contributed by atoms with Gasteiger partial charge in [-0.1, -0.05) is 0 Å².